The maximum atomic E-state index is 12.9. The molecule has 35 heavy (non-hydrogen) atoms. The Kier molecular flexibility index (Phi) is 6.30. The predicted molar refractivity (Wildman–Crippen MR) is 135 cm³/mol. The number of rotatable bonds is 6. The minimum absolute atomic E-state index is 0.0526. The number of fused-ring (bicyclic) bond motifs is 1. The predicted octanol–water partition coefficient (Wildman–Crippen LogP) is 3.10. The normalized spacial score (nSPS) is 11.7. The largest absolute Gasteiger partial charge is 0.453 e. The summed E-state index contributed by atoms with van der Waals surface area (Å²) < 4.78 is 32.4. The molecule has 0 unspecified atom stereocenters. The average Bonchev–Trinajstić information content (AvgIpc) is 3.36. The zero-order valence-corrected chi connectivity index (χ0v) is 21.5. The van der Waals surface area contributed by atoms with E-state index >= 15 is 0 Å². The Morgan fingerprint density at radius 3 is 2.63 bits per heavy atom. The van der Waals surface area contributed by atoms with Crippen molar-refractivity contribution in [3.63, 3.8) is 0 Å². The van der Waals surface area contributed by atoms with Crippen LogP contribution in [0.4, 0.5) is 0 Å². The van der Waals surface area contributed by atoms with E-state index < -0.39 is 10.0 Å². The van der Waals surface area contributed by atoms with Gasteiger partial charge >= 0.3 is 0 Å². The Bertz CT molecular complexity index is 1630. The fourth-order valence-corrected chi connectivity index (χ4v) is 6.11. The summed E-state index contributed by atoms with van der Waals surface area (Å²) in [5.41, 5.74) is 2.41. The lowest BCUT2D eigenvalue weighted by Crippen LogP contribution is -2.23. The molecule has 0 bridgehead atoms. The van der Waals surface area contributed by atoms with Crippen molar-refractivity contribution >= 4 is 38.2 Å². The number of aromatic nitrogens is 3. The number of nitrogens with zero attached hydrogens (tertiary/aromatic N) is 2. The molecule has 4 rings (SSSR count). The van der Waals surface area contributed by atoms with Crippen LogP contribution in [0.15, 0.2) is 33.5 Å². The number of thiophene rings is 1. The Labute approximate surface area is 205 Å². The van der Waals surface area contributed by atoms with Gasteiger partial charge in [-0.1, -0.05) is 0 Å². The number of pyridine rings is 2. The van der Waals surface area contributed by atoms with Crippen molar-refractivity contribution in [1.29, 1.82) is 0 Å². The number of primary sulfonamides is 1. The topological polar surface area (TPSA) is 149 Å². The molecule has 0 spiro atoms. The summed E-state index contributed by atoms with van der Waals surface area (Å²) in [6, 6.07) is 3.37. The fraction of sp³-hybridized carbons (Fsp3) is 0.261. The zero-order chi connectivity index (χ0) is 25.7. The Morgan fingerprint density at radius 1 is 1.29 bits per heavy atom. The molecule has 0 fully saturated rings. The molecule has 184 valence electrons. The first-order valence-electron chi connectivity index (χ1n) is 10.7. The van der Waals surface area contributed by atoms with Gasteiger partial charge in [0, 0.05) is 42.5 Å². The van der Waals surface area contributed by atoms with Gasteiger partial charge in [0.15, 0.2) is 11.5 Å². The van der Waals surface area contributed by atoms with Crippen molar-refractivity contribution in [2.24, 2.45) is 12.2 Å². The van der Waals surface area contributed by atoms with Crippen LogP contribution in [-0.4, -0.2) is 35.4 Å². The molecule has 0 radical (unpaired) electrons. The highest BCUT2D eigenvalue weighted by Gasteiger charge is 2.28. The molecular formula is C23H25N5O5S2. The van der Waals surface area contributed by atoms with Crippen LogP contribution in [0.1, 0.15) is 34.2 Å². The van der Waals surface area contributed by atoms with Crippen LogP contribution >= 0.6 is 11.3 Å². The third-order valence-corrected chi connectivity index (χ3v) is 8.45. The molecule has 0 aromatic carbocycles. The van der Waals surface area contributed by atoms with Crippen LogP contribution in [-0.2, 0) is 17.1 Å². The van der Waals surface area contributed by atoms with Crippen LogP contribution in [0.2, 0.25) is 0 Å². The first-order valence-corrected chi connectivity index (χ1v) is 13.1. The smallest absolute Gasteiger partial charge is 0.274 e. The number of sulfonamides is 1. The SMILES string of the molecule is CCNC(=O)c1cc2c(-c3sc(S(N)(=O)=O)c(C)c3Oc3c(C)ccnc3C)cn(C)c(=O)c2[nH]1. The monoisotopic (exact) mass is 515 g/mol. The second kappa shape index (κ2) is 8.95. The molecule has 12 heteroatoms. The van der Waals surface area contributed by atoms with E-state index in [0.29, 0.717) is 45.1 Å². The van der Waals surface area contributed by atoms with Crippen molar-refractivity contribution in [2.75, 3.05) is 6.54 Å². The summed E-state index contributed by atoms with van der Waals surface area (Å²) >= 11 is 0.946. The minimum atomic E-state index is -4.06. The van der Waals surface area contributed by atoms with Crippen LogP contribution in [0.5, 0.6) is 11.5 Å². The van der Waals surface area contributed by atoms with Crippen molar-refractivity contribution in [2.45, 2.75) is 31.9 Å². The summed E-state index contributed by atoms with van der Waals surface area (Å²) in [5, 5.41) is 8.68. The lowest BCUT2D eigenvalue weighted by molar-refractivity contribution is 0.0951. The Balaban J connectivity index is 2.04. The Morgan fingerprint density at radius 2 is 2.00 bits per heavy atom. The molecule has 4 aromatic rings. The highest BCUT2D eigenvalue weighted by atomic mass is 32.2. The van der Waals surface area contributed by atoms with Crippen LogP contribution < -0.4 is 20.8 Å². The fourth-order valence-electron chi connectivity index (χ4n) is 3.88. The van der Waals surface area contributed by atoms with Crippen LogP contribution in [0.3, 0.4) is 0 Å². The molecule has 4 N–H and O–H groups in total. The average molecular weight is 516 g/mol. The van der Waals surface area contributed by atoms with Gasteiger partial charge in [0.25, 0.3) is 11.5 Å². The molecule has 4 heterocycles. The number of nitrogens with one attached hydrogen (secondary N) is 2. The standard InChI is InChI=1S/C23H25N5O5S2/c1-6-25-21(29)16-9-14-15(10-28(5)22(30)17(14)27-16)20-19(12(3)23(34-20)35(24,31)32)33-18-11(2)7-8-26-13(18)4/h7-10,27H,6H2,1-5H3,(H,25,29)(H2,24,31,32). The third-order valence-electron chi connectivity index (χ3n) is 5.58. The summed E-state index contributed by atoms with van der Waals surface area (Å²) in [7, 11) is -2.48. The van der Waals surface area contributed by atoms with E-state index in [1.807, 2.05) is 6.92 Å². The van der Waals surface area contributed by atoms with Gasteiger partial charge in [-0.3, -0.25) is 14.6 Å². The lowest BCUT2D eigenvalue weighted by Gasteiger charge is -2.13. The van der Waals surface area contributed by atoms with E-state index in [9.17, 15) is 18.0 Å². The molecule has 0 aliphatic rings. The van der Waals surface area contributed by atoms with E-state index in [0.717, 1.165) is 16.9 Å². The number of aromatic amines is 1. The number of amides is 1. The maximum absolute atomic E-state index is 12.9. The van der Waals surface area contributed by atoms with Gasteiger partial charge < -0.3 is 19.6 Å². The van der Waals surface area contributed by atoms with E-state index in [4.69, 9.17) is 9.88 Å². The second-order valence-electron chi connectivity index (χ2n) is 8.15. The molecule has 0 aliphatic carbocycles. The summed E-state index contributed by atoms with van der Waals surface area (Å²) in [5.74, 6) is 0.426. The van der Waals surface area contributed by atoms with E-state index in [1.165, 1.54) is 4.57 Å². The van der Waals surface area contributed by atoms with E-state index in [1.54, 1.807) is 52.3 Å². The van der Waals surface area contributed by atoms with Gasteiger partial charge in [0.05, 0.1) is 10.6 Å². The number of hydrogen-bond donors (Lipinski definition) is 3. The summed E-state index contributed by atoms with van der Waals surface area (Å²) in [4.78, 5) is 32.9. The third kappa shape index (κ3) is 4.35. The molecule has 0 saturated carbocycles. The number of aryl methyl sites for hydroxylation is 3. The second-order valence-corrected chi connectivity index (χ2v) is 10.9. The zero-order valence-electron chi connectivity index (χ0n) is 19.8. The number of hydrogen-bond acceptors (Lipinski definition) is 7. The highest BCUT2D eigenvalue weighted by Crippen LogP contribution is 2.48. The number of ether oxygens (including phenoxy) is 1. The molecule has 0 atom stereocenters. The van der Waals surface area contributed by atoms with Gasteiger partial charge in [-0.2, -0.15) is 0 Å². The summed E-state index contributed by atoms with van der Waals surface area (Å²) in [6.45, 7) is 7.48. The number of H-pyrrole nitrogens is 1. The first kappa shape index (κ1) is 24.6. The number of carbonyl (C=O) groups is 1. The van der Waals surface area contributed by atoms with Crippen LogP contribution in [0.25, 0.3) is 21.3 Å². The number of carbonyl (C=O) groups excluding carboxylic acids is 1. The van der Waals surface area contributed by atoms with Gasteiger partial charge in [-0.15, -0.1) is 11.3 Å². The van der Waals surface area contributed by atoms with Crippen molar-refractivity contribution in [1.82, 2.24) is 19.9 Å². The van der Waals surface area contributed by atoms with Crippen LogP contribution in [0, 0.1) is 20.8 Å². The summed E-state index contributed by atoms with van der Waals surface area (Å²) in [6.07, 6.45) is 3.25. The molecule has 0 saturated heterocycles. The van der Waals surface area contributed by atoms with Crippen molar-refractivity contribution in [3.05, 3.63) is 57.4 Å². The van der Waals surface area contributed by atoms with Gasteiger partial charge in [0.2, 0.25) is 10.0 Å². The van der Waals surface area contributed by atoms with Crippen molar-refractivity contribution < 1.29 is 17.9 Å². The Hall–Kier alpha value is -3.48. The molecule has 0 aliphatic heterocycles. The molecular weight excluding hydrogens is 490 g/mol. The molecule has 1 amide bonds. The minimum Gasteiger partial charge on any atom is -0.453 e. The maximum Gasteiger partial charge on any atom is 0.274 e. The van der Waals surface area contributed by atoms with Gasteiger partial charge in [0.1, 0.15) is 15.4 Å². The number of nitrogens with two attached hydrogens (primary N) is 1. The van der Waals surface area contributed by atoms with E-state index in [2.05, 4.69) is 15.3 Å². The highest BCUT2D eigenvalue weighted by molar-refractivity contribution is 7.91. The molecule has 4 aromatic heterocycles. The molecule has 10 nitrogen and oxygen atoms in total. The van der Waals surface area contributed by atoms with Gasteiger partial charge in [-0.05, 0) is 45.4 Å². The quantitative estimate of drug-likeness (QED) is 0.359. The lowest BCUT2D eigenvalue weighted by atomic mass is 10.1. The van der Waals surface area contributed by atoms with Crippen molar-refractivity contribution in [3.8, 4) is 21.9 Å². The van der Waals surface area contributed by atoms with E-state index in [-0.39, 0.29) is 26.9 Å². The van der Waals surface area contributed by atoms with Gasteiger partial charge in [-0.25, -0.2) is 13.6 Å². The first-order chi connectivity index (χ1) is 16.4.